The van der Waals surface area contributed by atoms with E-state index in [0.717, 1.165) is 17.0 Å². The molecule has 3 aromatic rings. The van der Waals surface area contributed by atoms with Gasteiger partial charge < -0.3 is 5.73 Å². The van der Waals surface area contributed by atoms with Gasteiger partial charge in [0.1, 0.15) is 0 Å². The van der Waals surface area contributed by atoms with E-state index in [9.17, 15) is 4.79 Å². The Morgan fingerprint density at radius 2 is 1.79 bits per heavy atom. The van der Waals surface area contributed by atoms with Gasteiger partial charge in [-0.1, -0.05) is 12.1 Å². The molecule has 0 fully saturated rings. The van der Waals surface area contributed by atoms with E-state index >= 15 is 0 Å². The van der Waals surface area contributed by atoms with Crippen LogP contribution >= 0.6 is 0 Å². The topological polar surface area (TPSA) is 71.8 Å². The molecule has 24 heavy (non-hydrogen) atoms. The second-order valence-electron chi connectivity index (χ2n) is 5.83. The summed E-state index contributed by atoms with van der Waals surface area (Å²) in [6.45, 7) is 4.16. The normalized spacial score (nSPS) is 11.1. The van der Waals surface area contributed by atoms with Crippen molar-refractivity contribution in [3.63, 3.8) is 0 Å². The number of hydrogen-bond donors (Lipinski definition) is 2. The number of nitrogen functional groups attached to an aromatic ring is 1. The summed E-state index contributed by atoms with van der Waals surface area (Å²) < 4.78 is 0. The predicted molar refractivity (Wildman–Crippen MR) is 97.7 cm³/mol. The van der Waals surface area contributed by atoms with E-state index < -0.39 is 0 Å². The predicted octanol–water partition coefficient (Wildman–Crippen LogP) is 4.17. The molecule has 1 aromatic heterocycles. The number of hydrogen-bond acceptors (Lipinski definition) is 3. The lowest BCUT2D eigenvalue weighted by atomic mass is 10.0. The highest BCUT2D eigenvalue weighted by molar-refractivity contribution is 6.06. The zero-order valence-electron chi connectivity index (χ0n) is 13.7. The Morgan fingerprint density at radius 3 is 2.50 bits per heavy atom. The average Bonchev–Trinajstić information content (AvgIpc) is 3.05. The number of benzene rings is 2. The molecule has 0 unspecified atom stereocenters. The fourth-order valence-corrected chi connectivity index (χ4v) is 2.38. The van der Waals surface area contributed by atoms with E-state index in [2.05, 4.69) is 36.2 Å². The highest BCUT2D eigenvalue weighted by Gasteiger charge is 2.05. The van der Waals surface area contributed by atoms with E-state index in [0.29, 0.717) is 11.3 Å². The number of aromatic amines is 1. The number of ketones is 1. The number of carbonyl (C=O) groups excluding carboxylic acids is 1. The first-order valence-electron chi connectivity index (χ1n) is 7.74. The minimum absolute atomic E-state index is 0.0719. The van der Waals surface area contributed by atoms with Gasteiger partial charge in [0.15, 0.2) is 5.78 Å². The van der Waals surface area contributed by atoms with Gasteiger partial charge in [-0.3, -0.25) is 9.89 Å². The molecule has 0 spiro atoms. The van der Waals surface area contributed by atoms with E-state index in [1.165, 1.54) is 17.2 Å². The Morgan fingerprint density at radius 1 is 1.04 bits per heavy atom. The smallest absolute Gasteiger partial charge is 0.185 e. The van der Waals surface area contributed by atoms with Crippen molar-refractivity contribution in [1.82, 2.24) is 10.2 Å². The monoisotopic (exact) mass is 317 g/mol. The molecular formula is C20H19N3O. The van der Waals surface area contributed by atoms with Crippen LogP contribution in [0.2, 0.25) is 0 Å². The van der Waals surface area contributed by atoms with Crippen molar-refractivity contribution in [2.45, 2.75) is 13.8 Å². The molecule has 0 aliphatic rings. The molecule has 0 aliphatic heterocycles. The SMILES string of the molecule is Cc1ccc(-c2cc(C=CC(=O)c3ccc(N)cc3)[nH]n2)cc1C. The van der Waals surface area contributed by atoms with Gasteiger partial charge in [-0.15, -0.1) is 0 Å². The van der Waals surface area contributed by atoms with E-state index in [1.807, 2.05) is 12.1 Å². The largest absolute Gasteiger partial charge is 0.399 e. The third-order valence-corrected chi connectivity index (χ3v) is 4.01. The lowest BCUT2D eigenvalue weighted by Gasteiger charge is -2.01. The van der Waals surface area contributed by atoms with Crippen LogP contribution in [0.15, 0.2) is 54.6 Å². The highest BCUT2D eigenvalue weighted by atomic mass is 16.1. The van der Waals surface area contributed by atoms with Crippen LogP contribution in [0.25, 0.3) is 17.3 Å². The number of H-pyrrole nitrogens is 1. The number of aryl methyl sites for hydroxylation is 2. The third kappa shape index (κ3) is 3.43. The number of nitrogens with zero attached hydrogens (tertiary/aromatic N) is 1. The molecule has 0 amide bonds. The Bertz CT molecular complexity index is 905. The first kappa shape index (κ1) is 15.7. The van der Waals surface area contributed by atoms with Gasteiger partial charge in [-0.05, 0) is 73.5 Å². The second kappa shape index (κ2) is 6.54. The summed E-state index contributed by atoms with van der Waals surface area (Å²) in [5.41, 5.74) is 12.1. The molecule has 0 bridgehead atoms. The maximum Gasteiger partial charge on any atom is 0.185 e. The molecule has 3 N–H and O–H groups in total. The van der Waals surface area contributed by atoms with Crippen LogP contribution in [0.4, 0.5) is 5.69 Å². The first-order valence-corrected chi connectivity index (χ1v) is 7.74. The number of nitrogens with one attached hydrogen (secondary N) is 1. The first-order chi connectivity index (χ1) is 11.5. The van der Waals surface area contributed by atoms with Crippen molar-refractivity contribution in [3.8, 4) is 11.3 Å². The Labute approximate surface area is 141 Å². The number of allylic oxidation sites excluding steroid dienone is 1. The average molecular weight is 317 g/mol. The molecule has 4 nitrogen and oxygen atoms in total. The van der Waals surface area contributed by atoms with Crippen molar-refractivity contribution in [2.24, 2.45) is 0 Å². The van der Waals surface area contributed by atoms with Crippen molar-refractivity contribution in [3.05, 3.63) is 77.0 Å². The summed E-state index contributed by atoms with van der Waals surface area (Å²) >= 11 is 0. The number of anilines is 1. The molecule has 0 saturated heterocycles. The van der Waals surface area contributed by atoms with Crippen LogP contribution in [-0.2, 0) is 0 Å². The summed E-state index contributed by atoms with van der Waals surface area (Å²) in [5, 5.41) is 7.26. The summed E-state index contributed by atoms with van der Waals surface area (Å²) in [5.74, 6) is -0.0719. The van der Waals surface area contributed by atoms with Gasteiger partial charge in [0, 0.05) is 16.8 Å². The Hall–Kier alpha value is -3.14. The molecule has 4 heteroatoms. The minimum Gasteiger partial charge on any atom is -0.399 e. The van der Waals surface area contributed by atoms with Gasteiger partial charge in [0.25, 0.3) is 0 Å². The van der Waals surface area contributed by atoms with Crippen molar-refractivity contribution in [1.29, 1.82) is 0 Å². The zero-order valence-corrected chi connectivity index (χ0v) is 13.7. The Balaban J connectivity index is 1.77. The minimum atomic E-state index is -0.0719. The highest BCUT2D eigenvalue weighted by Crippen LogP contribution is 2.21. The lowest BCUT2D eigenvalue weighted by molar-refractivity contribution is 0.104. The molecule has 0 radical (unpaired) electrons. The molecular weight excluding hydrogens is 298 g/mol. The van der Waals surface area contributed by atoms with E-state index in [1.54, 1.807) is 30.3 Å². The standard InChI is InChI=1S/C20H19N3O/c1-13-3-4-16(11-14(13)2)19-12-18(22-23-19)9-10-20(24)15-5-7-17(21)8-6-15/h3-12H,21H2,1-2H3,(H,22,23). The molecule has 2 aromatic carbocycles. The molecule has 0 aliphatic carbocycles. The zero-order chi connectivity index (χ0) is 17.1. The number of nitrogens with two attached hydrogens (primary N) is 1. The van der Waals surface area contributed by atoms with Gasteiger partial charge in [0.2, 0.25) is 0 Å². The molecule has 1 heterocycles. The maximum absolute atomic E-state index is 12.1. The van der Waals surface area contributed by atoms with Crippen LogP contribution in [-0.4, -0.2) is 16.0 Å². The van der Waals surface area contributed by atoms with Gasteiger partial charge in [-0.25, -0.2) is 0 Å². The number of rotatable bonds is 4. The lowest BCUT2D eigenvalue weighted by Crippen LogP contribution is -1.94. The maximum atomic E-state index is 12.1. The Kier molecular flexibility index (Phi) is 4.29. The van der Waals surface area contributed by atoms with Crippen LogP contribution in [0.1, 0.15) is 27.2 Å². The third-order valence-electron chi connectivity index (χ3n) is 4.01. The molecule has 3 rings (SSSR count). The van der Waals surface area contributed by atoms with Crippen molar-refractivity contribution >= 4 is 17.5 Å². The fourth-order valence-electron chi connectivity index (χ4n) is 2.38. The van der Waals surface area contributed by atoms with E-state index in [-0.39, 0.29) is 5.78 Å². The summed E-state index contributed by atoms with van der Waals surface area (Å²) in [6.07, 6.45) is 3.26. The van der Waals surface area contributed by atoms with Gasteiger partial charge >= 0.3 is 0 Å². The van der Waals surface area contributed by atoms with Crippen LogP contribution in [0.5, 0.6) is 0 Å². The second-order valence-corrected chi connectivity index (χ2v) is 5.83. The van der Waals surface area contributed by atoms with Gasteiger partial charge in [-0.2, -0.15) is 5.10 Å². The van der Waals surface area contributed by atoms with Crippen LogP contribution in [0.3, 0.4) is 0 Å². The summed E-state index contributed by atoms with van der Waals surface area (Å²) in [4.78, 5) is 12.1. The van der Waals surface area contributed by atoms with E-state index in [4.69, 9.17) is 5.73 Å². The molecule has 0 atom stereocenters. The van der Waals surface area contributed by atoms with Crippen LogP contribution in [0, 0.1) is 13.8 Å². The van der Waals surface area contributed by atoms with Crippen molar-refractivity contribution in [2.75, 3.05) is 5.73 Å². The molecule has 120 valence electrons. The summed E-state index contributed by atoms with van der Waals surface area (Å²) in [7, 11) is 0. The quantitative estimate of drug-likeness (QED) is 0.431. The fraction of sp³-hybridized carbons (Fsp3) is 0.100. The van der Waals surface area contributed by atoms with Crippen molar-refractivity contribution < 1.29 is 4.79 Å². The summed E-state index contributed by atoms with van der Waals surface area (Å²) in [6, 6.07) is 15.0. The number of carbonyl (C=O) groups is 1. The number of aromatic nitrogens is 2. The van der Waals surface area contributed by atoms with Gasteiger partial charge in [0.05, 0.1) is 11.4 Å². The van der Waals surface area contributed by atoms with Crippen LogP contribution < -0.4 is 5.73 Å². The molecule has 0 saturated carbocycles.